The van der Waals surface area contributed by atoms with Crippen LogP contribution in [0.1, 0.15) is 38.4 Å². The molecule has 5 nitrogen and oxygen atoms in total. The number of carbonyl (C=O) groups excluding carboxylic acids is 2. The Bertz CT molecular complexity index is 391. The first kappa shape index (κ1) is 14.2. The Kier molecular flexibility index (Phi) is 5.84. The monoisotopic (exact) mass is 251 g/mol. The summed E-state index contributed by atoms with van der Waals surface area (Å²) in [5.41, 5.74) is 0.509. The Morgan fingerprint density at radius 1 is 1.44 bits per heavy atom. The lowest BCUT2D eigenvalue weighted by Crippen LogP contribution is -2.21. The molecule has 0 saturated carbocycles. The molecule has 0 unspecified atom stereocenters. The summed E-state index contributed by atoms with van der Waals surface area (Å²) >= 11 is 0. The predicted octanol–water partition coefficient (Wildman–Crippen LogP) is 2.03. The molecule has 1 aromatic heterocycles. The number of aromatic nitrogens is 1. The number of hydrogen-bond donors (Lipinski definition) is 0. The van der Waals surface area contributed by atoms with Gasteiger partial charge in [-0.05, 0) is 12.5 Å². The molecule has 0 fully saturated rings. The molecule has 0 radical (unpaired) electrons. The zero-order valence-corrected chi connectivity index (χ0v) is 10.6. The normalized spacial score (nSPS) is 11.7. The highest BCUT2D eigenvalue weighted by Crippen LogP contribution is 2.18. The summed E-state index contributed by atoms with van der Waals surface area (Å²) in [5.74, 6) is -1.09. The van der Waals surface area contributed by atoms with Gasteiger partial charge in [0, 0.05) is 24.9 Å². The maximum atomic E-state index is 11.8. The molecule has 1 heterocycles. The van der Waals surface area contributed by atoms with Gasteiger partial charge in [-0.2, -0.15) is 0 Å². The molecule has 0 aliphatic heterocycles. The van der Waals surface area contributed by atoms with Gasteiger partial charge in [0.15, 0.2) is 0 Å². The third-order valence-corrected chi connectivity index (χ3v) is 2.23. The molecule has 0 N–H and O–H groups in total. The average Bonchev–Trinajstić information content (AvgIpc) is 2.37. The van der Waals surface area contributed by atoms with Gasteiger partial charge >= 0.3 is 11.9 Å². The second-order valence-corrected chi connectivity index (χ2v) is 3.80. The number of unbranched alkanes of at least 4 members (excludes halogenated alkanes) is 1. The van der Waals surface area contributed by atoms with E-state index in [9.17, 15) is 9.59 Å². The lowest BCUT2D eigenvalue weighted by molar-refractivity contribution is -0.167. The first-order chi connectivity index (χ1) is 8.65. The lowest BCUT2D eigenvalue weighted by Gasteiger charge is -2.15. The van der Waals surface area contributed by atoms with Crippen LogP contribution in [0.2, 0.25) is 0 Å². The van der Waals surface area contributed by atoms with Crippen LogP contribution in [0.15, 0.2) is 24.5 Å². The Hall–Kier alpha value is -1.91. The molecule has 18 heavy (non-hydrogen) atoms. The van der Waals surface area contributed by atoms with Crippen molar-refractivity contribution in [3.63, 3.8) is 0 Å². The average molecular weight is 251 g/mol. The van der Waals surface area contributed by atoms with Crippen molar-refractivity contribution >= 4 is 11.9 Å². The van der Waals surface area contributed by atoms with E-state index in [-0.39, 0.29) is 0 Å². The minimum Gasteiger partial charge on any atom is -0.463 e. The standard InChI is InChI=1S/C13H17NO4/c1-3-4-8-17-13(16)12(18-10(2)15)11-6-5-7-14-9-11/h5-7,9,12H,3-4,8H2,1-2H3/t12-/m0/s1. The smallest absolute Gasteiger partial charge is 0.352 e. The van der Waals surface area contributed by atoms with Crippen LogP contribution in [-0.2, 0) is 19.1 Å². The maximum absolute atomic E-state index is 11.8. The molecule has 1 aromatic rings. The summed E-state index contributed by atoms with van der Waals surface area (Å²) in [6, 6.07) is 3.34. The fourth-order valence-electron chi connectivity index (χ4n) is 1.34. The fraction of sp³-hybridized carbons (Fsp3) is 0.462. The molecular formula is C13H17NO4. The third kappa shape index (κ3) is 4.53. The van der Waals surface area contributed by atoms with Gasteiger partial charge in [-0.15, -0.1) is 0 Å². The van der Waals surface area contributed by atoms with E-state index in [0.29, 0.717) is 12.2 Å². The van der Waals surface area contributed by atoms with Gasteiger partial charge in [0.25, 0.3) is 0 Å². The van der Waals surface area contributed by atoms with Crippen molar-refractivity contribution in [3.05, 3.63) is 30.1 Å². The summed E-state index contributed by atoms with van der Waals surface area (Å²) in [4.78, 5) is 26.7. The molecule has 0 amide bonds. The van der Waals surface area contributed by atoms with Crippen molar-refractivity contribution in [1.29, 1.82) is 0 Å². The third-order valence-electron chi connectivity index (χ3n) is 2.23. The zero-order valence-electron chi connectivity index (χ0n) is 10.6. The molecule has 0 bridgehead atoms. The molecule has 5 heteroatoms. The largest absolute Gasteiger partial charge is 0.463 e. The topological polar surface area (TPSA) is 65.5 Å². The highest BCUT2D eigenvalue weighted by Gasteiger charge is 2.25. The number of esters is 2. The minimum absolute atomic E-state index is 0.327. The van der Waals surface area contributed by atoms with Gasteiger partial charge < -0.3 is 9.47 Å². The molecule has 98 valence electrons. The Morgan fingerprint density at radius 2 is 2.22 bits per heavy atom. The van der Waals surface area contributed by atoms with E-state index in [0.717, 1.165) is 12.8 Å². The number of carbonyl (C=O) groups is 2. The minimum atomic E-state index is -1.03. The number of hydrogen-bond acceptors (Lipinski definition) is 5. The van der Waals surface area contributed by atoms with Gasteiger partial charge in [0.1, 0.15) is 0 Å². The molecule has 1 rings (SSSR count). The maximum Gasteiger partial charge on any atom is 0.352 e. The number of ether oxygens (including phenoxy) is 2. The van der Waals surface area contributed by atoms with Crippen LogP contribution >= 0.6 is 0 Å². The lowest BCUT2D eigenvalue weighted by atomic mass is 10.1. The van der Waals surface area contributed by atoms with Crippen molar-refractivity contribution in [2.24, 2.45) is 0 Å². The van der Waals surface area contributed by atoms with Crippen LogP contribution in [-0.4, -0.2) is 23.5 Å². The highest BCUT2D eigenvalue weighted by atomic mass is 16.6. The van der Waals surface area contributed by atoms with Crippen molar-refractivity contribution in [2.45, 2.75) is 32.8 Å². The van der Waals surface area contributed by atoms with Crippen LogP contribution in [0.3, 0.4) is 0 Å². The van der Waals surface area contributed by atoms with Gasteiger partial charge in [-0.1, -0.05) is 19.4 Å². The first-order valence-electron chi connectivity index (χ1n) is 5.89. The van der Waals surface area contributed by atoms with Gasteiger partial charge in [0.2, 0.25) is 6.10 Å². The van der Waals surface area contributed by atoms with Gasteiger partial charge in [-0.25, -0.2) is 4.79 Å². The molecular weight excluding hydrogens is 234 g/mol. The Labute approximate surface area is 106 Å². The molecule has 1 atom stereocenters. The zero-order chi connectivity index (χ0) is 13.4. The van der Waals surface area contributed by atoms with Crippen molar-refractivity contribution in [3.8, 4) is 0 Å². The van der Waals surface area contributed by atoms with E-state index in [1.54, 1.807) is 18.3 Å². The van der Waals surface area contributed by atoms with E-state index in [1.807, 2.05) is 6.92 Å². The van der Waals surface area contributed by atoms with Gasteiger partial charge in [-0.3, -0.25) is 9.78 Å². The summed E-state index contributed by atoms with van der Waals surface area (Å²) < 4.78 is 10.0. The number of rotatable bonds is 6. The number of nitrogens with zero attached hydrogens (tertiary/aromatic N) is 1. The van der Waals surface area contributed by atoms with E-state index in [1.165, 1.54) is 13.1 Å². The summed E-state index contributed by atoms with van der Waals surface area (Å²) in [7, 11) is 0. The van der Waals surface area contributed by atoms with Crippen LogP contribution in [0.5, 0.6) is 0 Å². The van der Waals surface area contributed by atoms with E-state index in [4.69, 9.17) is 9.47 Å². The van der Waals surface area contributed by atoms with E-state index in [2.05, 4.69) is 4.98 Å². The summed E-state index contributed by atoms with van der Waals surface area (Å²) in [5, 5.41) is 0. The fourth-order valence-corrected chi connectivity index (χ4v) is 1.34. The van der Waals surface area contributed by atoms with Crippen molar-refractivity contribution in [1.82, 2.24) is 4.98 Å². The Morgan fingerprint density at radius 3 is 2.78 bits per heavy atom. The molecule has 0 aliphatic rings. The molecule has 0 aliphatic carbocycles. The summed E-state index contributed by atoms with van der Waals surface area (Å²) in [6.45, 7) is 3.58. The van der Waals surface area contributed by atoms with Crippen LogP contribution in [0, 0.1) is 0 Å². The highest BCUT2D eigenvalue weighted by molar-refractivity contribution is 5.79. The van der Waals surface area contributed by atoms with E-state index >= 15 is 0 Å². The number of pyridine rings is 1. The first-order valence-corrected chi connectivity index (χ1v) is 5.89. The molecule has 0 aromatic carbocycles. The van der Waals surface area contributed by atoms with Crippen molar-refractivity contribution < 1.29 is 19.1 Å². The van der Waals surface area contributed by atoms with Gasteiger partial charge in [0.05, 0.1) is 6.61 Å². The predicted molar refractivity (Wildman–Crippen MR) is 64.6 cm³/mol. The molecule has 0 saturated heterocycles. The van der Waals surface area contributed by atoms with Crippen molar-refractivity contribution in [2.75, 3.05) is 6.61 Å². The van der Waals surface area contributed by atoms with Crippen LogP contribution in [0.25, 0.3) is 0 Å². The van der Waals surface area contributed by atoms with E-state index < -0.39 is 18.0 Å². The van der Waals surface area contributed by atoms with Crippen LogP contribution < -0.4 is 0 Å². The Balaban J connectivity index is 2.72. The SMILES string of the molecule is CCCCOC(=O)[C@@H](OC(C)=O)c1cccnc1. The van der Waals surface area contributed by atoms with Crippen LogP contribution in [0.4, 0.5) is 0 Å². The quantitative estimate of drug-likeness (QED) is 0.571. The molecule has 0 spiro atoms. The second kappa shape index (κ2) is 7.42. The summed E-state index contributed by atoms with van der Waals surface area (Å²) in [6.07, 6.45) is 3.74. The second-order valence-electron chi connectivity index (χ2n) is 3.80.